The number of aryl methyl sites for hydroxylation is 1. The Morgan fingerprint density at radius 2 is 2.15 bits per heavy atom. The zero-order chi connectivity index (χ0) is 18.7. The van der Waals surface area contributed by atoms with Gasteiger partial charge in [0.1, 0.15) is 5.56 Å². The normalized spacial score (nSPS) is 16.8. The molecule has 1 aromatic carbocycles. The molecule has 26 heavy (non-hydrogen) atoms. The number of nitrogens with one attached hydrogen (secondary N) is 1. The van der Waals surface area contributed by atoms with Gasteiger partial charge in [0.25, 0.3) is 11.5 Å². The molecule has 2 aromatic rings. The van der Waals surface area contributed by atoms with Gasteiger partial charge in [0, 0.05) is 31.0 Å². The Balaban J connectivity index is 1.89. The van der Waals surface area contributed by atoms with E-state index in [1.54, 1.807) is 17.7 Å². The van der Waals surface area contributed by atoms with Crippen LogP contribution in [0.25, 0.3) is 5.69 Å². The van der Waals surface area contributed by atoms with Crippen molar-refractivity contribution in [3.63, 3.8) is 0 Å². The van der Waals surface area contributed by atoms with Crippen LogP contribution in [0.5, 0.6) is 0 Å². The Morgan fingerprint density at radius 3 is 2.85 bits per heavy atom. The summed E-state index contributed by atoms with van der Waals surface area (Å²) in [4.78, 5) is 25.6. The summed E-state index contributed by atoms with van der Waals surface area (Å²) in [5.41, 5.74) is 2.54. The molecule has 0 saturated carbocycles. The van der Waals surface area contributed by atoms with E-state index in [1.165, 1.54) is 0 Å². The third-order valence-electron chi connectivity index (χ3n) is 4.92. The Labute approximate surface area is 154 Å². The van der Waals surface area contributed by atoms with Gasteiger partial charge in [0.05, 0.1) is 6.61 Å². The number of rotatable bonds is 5. The van der Waals surface area contributed by atoms with E-state index in [0.29, 0.717) is 30.6 Å². The largest absolute Gasteiger partial charge is 0.381 e. The molecule has 5 nitrogen and oxygen atoms in total. The molecule has 2 heterocycles. The molecule has 1 fully saturated rings. The molecule has 138 valence electrons. The zero-order valence-corrected chi connectivity index (χ0v) is 15.6. The molecule has 0 radical (unpaired) electrons. The Hall–Kier alpha value is -2.40. The smallest absolute Gasteiger partial charge is 0.268 e. The monoisotopic (exact) mass is 354 g/mol. The highest BCUT2D eigenvalue weighted by molar-refractivity contribution is 5.95. The van der Waals surface area contributed by atoms with Gasteiger partial charge in [-0.05, 0) is 48.6 Å². The fraction of sp³-hybridized carbons (Fsp3) is 0.429. The van der Waals surface area contributed by atoms with Crippen LogP contribution in [0.3, 0.4) is 0 Å². The fourth-order valence-corrected chi connectivity index (χ4v) is 3.21. The van der Waals surface area contributed by atoms with Crippen LogP contribution in [0.15, 0.2) is 41.3 Å². The molecule has 5 heteroatoms. The number of amides is 1. The number of benzene rings is 1. The minimum absolute atomic E-state index is 0.210. The molecule has 0 aliphatic carbocycles. The van der Waals surface area contributed by atoms with Gasteiger partial charge in [0.2, 0.25) is 0 Å². The van der Waals surface area contributed by atoms with Gasteiger partial charge < -0.3 is 10.1 Å². The van der Waals surface area contributed by atoms with Gasteiger partial charge in [-0.25, -0.2) is 0 Å². The van der Waals surface area contributed by atoms with E-state index in [4.69, 9.17) is 4.74 Å². The lowest BCUT2D eigenvalue weighted by Gasteiger charge is -2.14. The van der Waals surface area contributed by atoms with E-state index in [9.17, 15) is 9.59 Å². The average Bonchev–Trinajstić information content (AvgIpc) is 3.13. The van der Waals surface area contributed by atoms with Crippen molar-refractivity contribution in [2.24, 2.45) is 5.92 Å². The highest BCUT2D eigenvalue weighted by Gasteiger charge is 2.20. The van der Waals surface area contributed by atoms with Crippen molar-refractivity contribution in [3.05, 3.63) is 63.6 Å². The second-order valence-electron chi connectivity index (χ2n) is 7.24. The number of carbonyl (C=O) groups excluding carboxylic acids is 1. The predicted molar refractivity (Wildman–Crippen MR) is 102 cm³/mol. The van der Waals surface area contributed by atoms with Crippen molar-refractivity contribution in [1.29, 1.82) is 0 Å². The predicted octanol–water partition coefficient (Wildman–Crippen LogP) is 3.04. The maximum absolute atomic E-state index is 13.0. The quantitative estimate of drug-likeness (QED) is 0.898. The second kappa shape index (κ2) is 7.87. The number of pyridine rings is 1. The van der Waals surface area contributed by atoms with Crippen LogP contribution in [0, 0.1) is 12.8 Å². The van der Waals surface area contributed by atoms with Crippen LogP contribution in [0.1, 0.15) is 47.7 Å². The lowest BCUT2D eigenvalue weighted by Crippen LogP contribution is -2.36. The van der Waals surface area contributed by atoms with Gasteiger partial charge in [-0.2, -0.15) is 0 Å². The molecule has 1 atom stereocenters. The number of nitrogens with zero attached hydrogens (tertiary/aromatic N) is 1. The lowest BCUT2D eigenvalue weighted by molar-refractivity contribution is 0.0942. The van der Waals surface area contributed by atoms with Crippen molar-refractivity contribution < 1.29 is 9.53 Å². The molecule has 0 spiro atoms. The van der Waals surface area contributed by atoms with Gasteiger partial charge in [-0.1, -0.05) is 26.0 Å². The van der Waals surface area contributed by atoms with E-state index in [1.807, 2.05) is 30.3 Å². The molecule has 3 rings (SSSR count). The van der Waals surface area contributed by atoms with Gasteiger partial charge in [-0.3, -0.25) is 14.2 Å². The highest BCUT2D eigenvalue weighted by Crippen LogP contribution is 2.18. The second-order valence-corrected chi connectivity index (χ2v) is 7.24. The number of aromatic nitrogens is 1. The Kier molecular flexibility index (Phi) is 5.57. The SMILES string of the molecule is Cc1ccn(-c2cccc(C(C)C)c2)c(=O)c1C(=O)NCC1CCOC1. The van der Waals surface area contributed by atoms with E-state index in [2.05, 4.69) is 19.2 Å². The van der Waals surface area contributed by atoms with Gasteiger partial charge >= 0.3 is 0 Å². The van der Waals surface area contributed by atoms with Crippen molar-refractivity contribution in [2.45, 2.75) is 33.1 Å². The fourth-order valence-electron chi connectivity index (χ4n) is 3.21. The molecule has 1 aliphatic rings. The molecule has 1 aromatic heterocycles. The molecular formula is C21H26N2O3. The zero-order valence-electron chi connectivity index (χ0n) is 15.6. The summed E-state index contributed by atoms with van der Waals surface area (Å²) in [6.45, 7) is 7.97. The van der Waals surface area contributed by atoms with Gasteiger partial charge in [0.15, 0.2) is 0 Å². The topological polar surface area (TPSA) is 60.3 Å². The summed E-state index contributed by atoms with van der Waals surface area (Å²) >= 11 is 0. The summed E-state index contributed by atoms with van der Waals surface area (Å²) in [5, 5.41) is 2.90. The number of hydrogen-bond donors (Lipinski definition) is 1. The highest BCUT2D eigenvalue weighted by atomic mass is 16.5. The summed E-state index contributed by atoms with van der Waals surface area (Å²) in [6.07, 6.45) is 2.68. The molecule has 1 unspecified atom stereocenters. The van der Waals surface area contributed by atoms with E-state index >= 15 is 0 Å². The number of ether oxygens (including phenoxy) is 1. The van der Waals surface area contributed by atoms with Crippen LogP contribution < -0.4 is 10.9 Å². The molecular weight excluding hydrogens is 328 g/mol. The standard InChI is InChI=1S/C21H26N2O3/c1-14(2)17-5-4-6-18(11-17)23-9-7-15(3)19(21(23)25)20(24)22-12-16-8-10-26-13-16/h4-7,9,11,14,16H,8,10,12-13H2,1-3H3,(H,22,24). The molecule has 1 N–H and O–H groups in total. The Bertz CT molecular complexity index is 849. The molecule has 0 bridgehead atoms. The summed E-state index contributed by atoms with van der Waals surface area (Å²) in [7, 11) is 0. The van der Waals surface area contributed by atoms with Crippen LogP contribution >= 0.6 is 0 Å². The van der Waals surface area contributed by atoms with Crippen LogP contribution in [0.2, 0.25) is 0 Å². The minimum atomic E-state index is -0.311. The Morgan fingerprint density at radius 1 is 1.35 bits per heavy atom. The third kappa shape index (κ3) is 3.88. The minimum Gasteiger partial charge on any atom is -0.381 e. The summed E-state index contributed by atoms with van der Waals surface area (Å²) < 4.78 is 6.88. The number of hydrogen-bond acceptors (Lipinski definition) is 3. The van der Waals surface area contributed by atoms with Crippen molar-refractivity contribution in [1.82, 2.24) is 9.88 Å². The maximum Gasteiger partial charge on any atom is 0.268 e. The van der Waals surface area contributed by atoms with Crippen molar-refractivity contribution >= 4 is 5.91 Å². The third-order valence-corrected chi connectivity index (χ3v) is 4.92. The first-order valence-electron chi connectivity index (χ1n) is 9.16. The van der Waals surface area contributed by atoms with E-state index in [0.717, 1.165) is 24.3 Å². The summed E-state index contributed by atoms with van der Waals surface area (Å²) in [5.74, 6) is 0.384. The van der Waals surface area contributed by atoms with Crippen LogP contribution in [-0.2, 0) is 4.74 Å². The first kappa shape index (κ1) is 18.4. The van der Waals surface area contributed by atoms with E-state index in [-0.39, 0.29) is 17.0 Å². The molecule has 1 aliphatic heterocycles. The van der Waals surface area contributed by atoms with Crippen molar-refractivity contribution in [3.8, 4) is 5.69 Å². The molecule has 1 saturated heterocycles. The first-order chi connectivity index (χ1) is 12.5. The number of carbonyl (C=O) groups is 1. The van der Waals surface area contributed by atoms with Crippen LogP contribution in [0.4, 0.5) is 0 Å². The van der Waals surface area contributed by atoms with Crippen molar-refractivity contribution in [2.75, 3.05) is 19.8 Å². The van der Waals surface area contributed by atoms with Gasteiger partial charge in [-0.15, -0.1) is 0 Å². The van der Waals surface area contributed by atoms with Crippen LogP contribution in [-0.4, -0.2) is 30.2 Å². The average molecular weight is 354 g/mol. The molecule has 1 amide bonds. The lowest BCUT2D eigenvalue weighted by atomic mass is 10.0. The first-order valence-corrected chi connectivity index (χ1v) is 9.16. The summed E-state index contributed by atoms with van der Waals surface area (Å²) in [6, 6.07) is 9.69. The van der Waals surface area contributed by atoms with E-state index < -0.39 is 0 Å². The maximum atomic E-state index is 13.0.